The molecule has 1 atom stereocenters. The monoisotopic (exact) mass is 318 g/mol. The van der Waals surface area contributed by atoms with E-state index in [1.54, 1.807) is 39.1 Å². The van der Waals surface area contributed by atoms with E-state index in [9.17, 15) is 9.90 Å². The normalized spacial score (nSPS) is 21.6. The highest BCUT2D eigenvalue weighted by Gasteiger charge is 2.36. The van der Waals surface area contributed by atoms with E-state index in [-0.39, 0.29) is 5.91 Å². The molecule has 23 heavy (non-hydrogen) atoms. The van der Waals surface area contributed by atoms with Gasteiger partial charge in [0.05, 0.1) is 31.0 Å². The highest BCUT2D eigenvalue weighted by atomic mass is 16.3. The van der Waals surface area contributed by atoms with Crippen molar-refractivity contribution >= 4 is 5.91 Å². The van der Waals surface area contributed by atoms with Gasteiger partial charge in [0.1, 0.15) is 5.60 Å². The highest BCUT2D eigenvalue weighted by Crippen LogP contribution is 2.24. The summed E-state index contributed by atoms with van der Waals surface area (Å²) in [6.07, 6.45) is 9.05. The lowest BCUT2D eigenvalue weighted by atomic mass is 9.92. The van der Waals surface area contributed by atoms with Gasteiger partial charge in [0.2, 0.25) is 0 Å². The van der Waals surface area contributed by atoms with Gasteiger partial charge in [-0.05, 0) is 19.3 Å². The third kappa shape index (κ3) is 3.58. The summed E-state index contributed by atoms with van der Waals surface area (Å²) >= 11 is 0. The molecule has 8 heteroatoms. The molecule has 1 saturated heterocycles. The number of amides is 1. The van der Waals surface area contributed by atoms with Gasteiger partial charge in [-0.25, -0.2) is 4.68 Å². The number of piperidine rings is 1. The van der Waals surface area contributed by atoms with Crippen LogP contribution in [0.2, 0.25) is 0 Å². The summed E-state index contributed by atoms with van der Waals surface area (Å²) in [6, 6.07) is 0. The number of aliphatic hydroxyl groups is 1. The summed E-state index contributed by atoms with van der Waals surface area (Å²) in [4.78, 5) is 14.3. The van der Waals surface area contributed by atoms with Gasteiger partial charge >= 0.3 is 0 Å². The fraction of sp³-hybridized carbons (Fsp3) is 0.600. The second-order valence-corrected chi connectivity index (χ2v) is 6.15. The van der Waals surface area contributed by atoms with Crippen LogP contribution in [-0.2, 0) is 13.1 Å². The summed E-state index contributed by atoms with van der Waals surface area (Å²) < 4.78 is 3.38. The van der Waals surface area contributed by atoms with Gasteiger partial charge in [0, 0.05) is 25.5 Å². The summed E-state index contributed by atoms with van der Waals surface area (Å²) in [7, 11) is 0. The topological polar surface area (TPSA) is 89.1 Å². The molecule has 0 radical (unpaired) electrons. The predicted octanol–water partition coefficient (Wildman–Crippen LogP) is 0.552. The molecule has 0 saturated carbocycles. The van der Waals surface area contributed by atoms with E-state index in [0.717, 1.165) is 19.4 Å². The maximum atomic E-state index is 12.6. The molecule has 8 nitrogen and oxygen atoms in total. The van der Waals surface area contributed by atoms with Crippen LogP contribution in [0.15, 0.2) is 24.8 Å². The Labute approximate surface area is 134 Å². The van der Waals surface area contributed by atoms with Crippen molar-refractivity contribution < 1.29 is 9.90 Å². The van der Waals surface area contributed by atoms with E-state index in [1.807, 2.05) is 0 Å². The number of carbonyl (C=O) groups is 1. The predicted molar refractivity (Wildman–Crippen MR) is 82.6 cm³/mol. The molecule has 2 aromatic rings. The van der Waals surface area contributed by atoms with Crippen LogP contribution in [0.3, 0.4) is 0 Å². The third-order valence-corrected chi connectivity index (χ3v) is 4.10. The van der Waals surface area contributed by atoms with Crippen LogP contribution in [0.5, 0.6) is 0 Å². The maximum absolute atomic E-state index is 12.6. The molecule has 124 valence electrons. The minimum atomic E-state index is -0.971. The van der Waals surface area contributed by atoms with Crippen molar-refractivity contribution in [3.8, 4) is 0 Å². The molecule has 3 heterocycles. The summed E-state index contributed by atoms with van der Waals surface area (Å²) in [5, 5.41) is 22.6. The molecule has 1 unspecified atom stereocenters. The van der Waals surface area contributed by atoms with Crippen molar-refractivity contribution in [3.05, 3.63) is 30.4 Å². The Morgan fingerprint density at radius 1 is 1.43 bits per heavy atom. The van der Waals surface area contributed by atoms with Gasteiger partial charge in [-0.15, -0.1) is 5.10 Å². The van der Waals surface area contributed by atoms with Gasteiger partial charge in [-0.2, -0.15) is 5.10 Å². The number of rotatable bonds is 5. The maximum Gasteiger partial charge on any atom is 0.257 e. The molecule has 0 spiro atoms. The number of β-amino-alcohol motifs (C(OH)–C–C–N with tert-alkyl or cyclic N) is 1. The molecule has 1 aliphatic heterocycles. The number of hydrogen-bond donors (Lipinski definition) is 1. The second kappa shape index (κ2) is 6.49. The number of nitrogens with zero attached hydrogens (tertiary/aromatic N) is 6. The Balaban J connectivity index is 1.68. The molecular formula is C15H22N6O2. The lowest BCUT2D eigenvalue weighted by molar-refractivity contribution is -0.0387. The SMILES string of the molecule is CCCn1cc(C(=O)N2CCCC(O)(Cn3ccnn3)C2)cn1. The average molecular weight is 318 g/mol. The smallest absolute Gasteiger partial charge is 0.257 e. The zero-order valence-corrected chi connectivity index (χ0v) is 13.3. The third-order valence-electron chi connectivity index (χ3n) is 4.10. The van der Waals surface area contributed by atoms with E-state index in [1.165, 1.54) is 0 Å². The number of aryl methyl sites for hydroxylation is 1. The Hall–Kier alpha value is -2.22. The van der Waals surface area contributed by atoms with Crippen LogP contribution in [0.4, 0.5) is 0 Å². The molecule has 1 aliphatic rings. The molecule has 0 aromatic carbocycles. The van der Waals surface area contributed by atoms with Crippen LogP contribution in [-0.4, -0.2) is 59.4 Å². The molecule has 0 aliphatic carbocycles. The van der Waals surface area contributed by atoms with Crippen LogP contribution in [0, 0.1) is 0 Å². The lowest BCUT2D eigenvalue weighted by Gasteiger charge is -2.38. The number of hydrogen-bond acceptors (Lipinski definition) is 5. The van der Waals surface area contributed by atoms with E-state index < -0.39 is 5.60 Å². The van der Waals surface area contributed by atoms with Crippen molar-refractivity contribution in [2.45, 2.75) is 44.9 Å². The van der Waals surface area contributed by atoms with Crippen molar-refractivity contribution in [3.63, 3.8) is 0 Å². The van der Waals surface area contributed by atoms with E-state index >= 15 is 0 Å². The zero-order valence-electron chi connectivity index (χ0n) is 13.3. The molecule has 0 bridgehead atoms. The first-order chi connectivity index (χ1) is 11.1. The minimum Gasteiger partial charge on any atom is -0.386 e. The molecular weight excluding hydrogens is 296 g/mol. The van der Waals surface area contributed by atoms with Crippen molar-refractivity contribution in [1.82, 2.24) is 29.7 Å². The Bertz CT molecular complexity index is 653. The molecule has 3 rings (SSSR count). The van der Waals surface area contributed by atoms with Crippen molar-refractivity contribution in [2.75, 3.05) is 13.1 Å². The first-order valence-corrected chi connectivity index (χ1v) is 7.98. The lowest BCUT2D eigenvalue weighted by Crippen LogP contribution is -2.52. The van der Waals surface area contributed by atoms with Gasteiger partial charge in [-0.1, -0.05) is 12.1 Å². The van der Waals surface area contributed by atoms with E-state index in [0.29, 0.717) is 31.6 Å². The molecule has 2 aromatic heterocycles. The van der Waals surface area contributed by atoms with Gasteiger partial charge in [0.25, 0.3) is 5.91 Å². The van der Waals surface area contributed by atoms with Crippen LogP contribution in [0.1, 0.15) is 36.5 Å². The quantitative estimate of drug-likeness (QED) is 0.870. The first-order valence-electron chi connectivity index (χ1n) is 7.98. The van der Waals surface area contributed by atoms with Crippen LogP contribution >= 0.6 is 0 Å². The van der Waals surface area contributed by atoms with Crippen molar-refractivity contribution in [2.24, 2.45) is 0 Å². The second-order valence-electron chi connectivity index (χ2n) is 6.15. The molecule has 1 fully saturated rings. The van der Waals surface area contributed by atoms with Gasteiger partial charge in [0.15, 0.2) is 0 Å². The summed E-state index contributed by atoms with van der Waals surface area (Å²) in [5.41, 5.74) is -0.399. The standard InChI is InChI=1S/C15H22N6O2/c1-2-6-20-10-13(9-17-20)14(22)19-7-3-4-15(23,11-19)12-21-8-5-16-18-21/h5,8-10,23H,2-4,6-7,11-12H2,1H3. The summed E-state index contributed by atoms with van der Waals surface area (Å²) in [6.45, 7) is 4.15. The average Bonchev–Trinajstić information content (AvgIpc) is 3.18. The first kappa shape index (κ1) is 15.7. The summed E-state index contributed by atoms with van der Waals surface area (Å²) in [5.74, 6) is -0.0796. The van der Waals surface area contributed by atoms with Crippen LogP contribution < -0.4 is 0 Å². The highest BCUT2D eigenvalue weighted by molar-refractivity contribution is 5.93. The van der Waals surface area contributed by atoms with Gasteiger partial charge < -0.3 is 10.0 Å². The number of likely N-dealkylation sites (tertiary alicyclic amines) is 1. The Kier molecular flexibility index (Phi) is 4.42. The fourth-order valence-corrected chi connectivity index (χ4v) is 3.04. The zero-order chi connectivity index (χ0) is 16.3. The van der Waals surface area contributed by atoms with E-state index in [2.05, 4.69) is 22.3 Å². The Morgan fingerprint density at radius 3 is 3.04 bits per heavy atom. The fourth-order valence-electron chi connectivity index (χ4n) is 3.04. The van der Waals surface area contributed by atoms with Crippen LogP contribution in [0.25, 0.3) is 0 Å². The number of carbonyl (C=O) groups excluding carboxylic acids is 1. The molecule has 1 N–H and O–H groups in total. The van der Waals surface area contributed by atoms with Crippen molar-refractivity contribution in [1.29, 1.82) is 0 Å². The van der Waals surface area contributed by atoms with Gasteiger partial charge in [-0.3, -0.25) is 9.48 Å². The Morgan fingerprint density at radius 2 is 2.30 bits per heavy atom. The van der Waals surface area contributed by atoms with E-state index in [4.69, 9.17) is 0 Å². The largest absolute Gasteiger partial charge is 0.386 e. The minimum absolute atomic E-state index is 0.0796. The molecule has 1 amide bonds. The number of aromatic nitrogens is 5.